The molecule has 0 aliphatic carbocycles. The first-order valence-corrected chi connectivity index (χ1v) is 13.7. The van der Waals surface area contributed by atoms with Gasteiger partial charge in [0, 0.05) is 65.6 Å². The van der Waals surface area contributed by atoms with Gasteiger partial charge in [0.1, 0.15) is 23.8 Å². The number of fused-ring (bicyclic) bond motifs is 1. The Morgan fingerprint density at radius 1 is 1.12 bits per heavy atom. The molecule has 3 aromatic rings. The number of pyridine rings is 1. The van der Waals surface area contributed by atoms with Crippen LogP contribution in [-0.4, -0.2) is 79.3 Å². The third-order valence-corrected chi connectivity index (χ3v) is 7.33. The standard InChI is InChI=1S/C24H32IN5O2S/c1-16(2)26-24-28-20(15-33-24)19-13-22(31-4)17-5-6-21(18(14-25)23(17)27-19)32-12-11-30-9-7-29(3)8-10-30/h5-6,13,15-16H,7-12,14H2,1-4H3,(H,26,28). The average molecular weight is 582 g/mol. The third kappa shape index (κ3) is 5.87. The lowest BCUT2D eigenvalue weighted by Crippen LogP contribution is -2.45. The molecule has 7 nitrogen and oxygen atoms in total. The number of nitrogens with one attached hydrogen (secondary N) is 1. The summed E-state index contributed by atoms with van der Waals surface area (Å²) in [7, 11) is 3.88. The lowest BCUT2D eigenvalue weighted by atomic mass is 10.1. The highest BCUT2D eigenvalue weighted by Crippen LogP contribution is 2.37. The van der Waals surface area contributed by atoms with E-state index in [4.69, 9.17) is 19.4 Å². The van der Waals surface area contributed by atoms with E-state index in [9.17, 15) is 0 Å². The van der Waals surface area contributed by atoms with E-state index < -0.39 is 0 Å². The van der Waals surface area contributed by atoms with Crippen LogP contribution in [0.2, 0.25) is 0 Å². The van der Waals surface area contributed by atoms with Gasteiger partial charge in [-0.2, -0.15) is 0 Å². The number of halogens is 1. The van der Waals surface area contributed by atoms with Crippen LogP contribution in [0, 0.1) is 0 Å². The number of hydrogen-bond acceptors (Lipinski definition) is 8. The predicted octanol–water partition coefficient (Wildman–Crippen LogP) is 4.75. The molecule has 1 fully saturated rings. The van der Waals surface area contributed by atoms with Crippen molar-refractivity contribution in [2.24, 2.45) is 0 Å². The van der Waals surface area contributed by atoms with Crippen molar-refractivity contribution in [1.29, 1.82) is 0 Å². The number of rotatable bonds is 9. The molecule has 33 heavy (non-hydrogen) atoms. The molecule has 4 rings (SSSR count). The summed E-state index contributed by atoms with van der Waals surface area (Å²) in [5.41, 5.74) is 3.68. The highest BCUT2D eigenvalue weighted by atomic mass is 127. The molecular weight excluding hydrogens is 549 g/mol. The van der Waals surface area contributed by atoms with Crippen molar-refractivity contribution in [2.75, 3.05) is 58.8 Å². The Labute approximate surface area is 213 Å². The smallest absolute Gasteiger partial charge is 0.183 e. The minimum Gasteiger partial charge on any atom is -0.496 e. The molecule has 9 heteroatoms. The number of nitrogens with zero attached hydrogens (tertiary/aromatic N) is 4. The summed E-state index contributed by atoms with van der Waals surface area (Å²) in [6, 6.07) is 6.41. The van der Waals surface area contributed by atoms with Crippen molar-refractivity contribution in [3.8, 4) is 22.9 Å². The molecule has 0 unspecified atom stereocenters. The number of thiazole rings is 1. The monoisotopic (exact) mass is 581 g/mol. The fraction of sp³-hybridized carbons (Fsp3) is 0.500. The first-order chi connectivity index (χ1) is 16.0. The molecule has 3 heterocycles. The van der Waals surface area contributed by atoms with E-state index >= 15 is 0 Å². The Bertz CT molecular complexity index is 1080. The fourth-order valence-corrected chi connectivity index (χ4v) is 5.51. The second kappa shape index (κ2) is 11.2. The number of methoxy groups -OCH3 is 1. The Kier molecular flexibility index (Phi) is 8.26. The average Bonchev–Trinajstić information content (AvgIpc) is 3.27. The maximum absolute atomic E-state index is 6.27. The van der Waals surface area contributed by atoms with E-state index in [2.05, 4.69) is 70.7 Å². The van der Waals surface area contributed by atoms with Crippen LogP contribution in [0.1, 0.15) is 19.4 Å². The van der Waals surface area contributed by atoms with E-state index in [0.717, 1.165) is 81.6 Å². The van der Waals surface area contributed by atoms with Crippen molar-refractivity contribution in [2.45, 2.75) is 24.3 Å². The summed E-state index contributed by atoms with van der Waals surface area (Å²) >= 11 is 3.98. The fourth-order valence-electron chi connectivity index (χ4n) is 3.92. The predicted molar refractivity (Wildman–Crippen MR) is 145 cm³/mol. The van der Waals surface area contributed by atoms with E-state index in [0.29, 0.717) is 12.6 Å². The Balaban J connectivity index is 1.60. The van der Waals surface area contributed by atoms with E-state index in [1.807, 2.05) is 11.4 Å². The van der Waals surface area contributed by atoms with Crippen molar-refractivity contribution in [1.82, 2.24) is 19.8 Å². The molecule has 1 aliphatic rings. The van der Waals surface area contributed by atoms with Crippen LogP contribution in [-0.2, 0) is 4.43 Å². The van der Waals surface area contributed by atoms with Gasteiger partial charge in [-0.05, 0) is 33.0 Å². The van der Waals surface area contributed by atoms with Gasteiger partial charge in [0.15, 0.2) is 5.13 Å². The van der Waals surface area contributed by atoms with Gasteiger partial charge in [0.2, 0.25) is 0 Å². The highest BCUT2D eigenvalue weighted by molar-refractivity contribution is 14.1. The first-order valence-electron chi connectivity index (χ1n) is 11.3. The largest absolute Gasteiger partial charge is 0.496 e. The first kappa shape index (κ1) is 24.4. The van der Waals surface area contributed by atoms with Gasteiger partial charge in [-0.1, -0.05) is 22.6 Å². The zero-order valence-electron chi connectivity index (χ0n) is 19.7. The molecule has 178 valence electrons. The van der Waals surface area contributed by atoms with Crippen molar-refractivity contribution < 1.29 is 9.47 Å². The summed E-state index contributed by atoms with van der Waals surface area (Å²) < 4.78 is 12.8. The molecule has 0 atom stereocenters. The summed E-state index contributed by atoms with van der Waals surface area (Å²) in [6.45, 7) is 10.3. The maximum atomic E-state index is 6.27. The third-order valence-electron chi connectivity index (χ3n) is 5.80. The van der Waals surface area contributed by atoms with Crippen LogP contribution < -0.4 is 14.8 Å². The SMILES string of the molecule is COc1cc(-c2csc(NC(C)C)n2)nc2c(CI)c(OCCN3CCN(C)CC3)ccc12. The van der Waals surface area contributed by atoms with Crippen molar-refractivity contribution in [3.05, 3.63) is 29.1 Å². The number of ether oxygens (including phenoxy) is 2. The number of piperazine rings is 1. The van der Waals surface area contributed by atoms with Gasteiger partial charge < -0.3 is 19.7 Å². The zero-order valence-corrected chi connectivity index (χ0v) is 22.7. The summed E-state index contributed by atoms with van der Waals surface area (Å²) in [4.78, 5) is 14.6. The molecule has 1 saturated heterocycles. The molecule has 2 aromatic heterocycles. The van der Waals surface area contributed by atoms with Gasteiger partial charge in [-0.3, -0.25) is 4.90 Å². The van der Waals surface area contributed by atoms with Crippen molar-refractivity contribution in [3.63, 3.8) is 0 Å². The molecular formula is C24H32IN5O2S. The van der Waals surface area contributed by atoms with Crippen LogP contribution >= 0.6 is 33.9 Å². The second-order valence-electron chi connectivity index (χ2n) is 8.61. The van der Waals surface area contributed by atoms with Gasteiger partial charge >= 0.3 is 0 Å². The second-order valence-corrected chi connectivity index (χ2v) is 10.2. The normalized spacial score (nSPS) is 15.3. The summed E-state index contributed by atoms with van der Waals surface area (Å²) in [6.07, 6.45) is 0. The lowest BCUT2D eigenvalue weighted by Gasteiger charge is -2.32. The number of likely N-dealkylation sites (N-methyl/N-ethyl adjacent to an activating group) is 1. The van der Waals surface area contributed by atoms with Gasteiger partial charge in [0.25, 0.3) is 0 Å². The molecule has 1 aromatic carbocycles. The minimum absolute atomic E-state index is 0.333. The molecule has 0 radical (unpaired) electrons. The minimum atomic E-state index is 0.333. The number of hydrogen-bond donors (Lipinski definition) is 1. The van der Waals surface area contributed by atoms with E-state index in [-0.39, 0.29) is 0 Å². The topological polar surface area (TPSA) is 62.8 Å². The van der Waals surface area contributed by atoms with Crippen LogP contribution in [0.15, 0.2) is 23.6 Å². The zero-order chi connectivity index (χ0) is 23.4. The quantitative estimate of drug-likeness (QED) is 0.289. The Morgan fingerprint density at radius 3 is 2.61 bits per heavy atom. The number of anilines is 1. The lowest BCUT2D eigenvalue weighted by molar-refractivity contribution is 0.133. The summed E-state index contributed by atoms with van der Waals surface area (Å²) in [5, 5.41) is 7.30. The van der Waals surface area contributed by atoms with Crippen molar-refractivity contribution >= 4 is 50.0 Å². The Hall–Kier alpha value is -1.69. The molecule has 0 amide bonds. The van der Waals surface area contributed by atoms with Gasteiger partial charge in [0.05, 0.1) is 18.3 Å². The maximum Gasteiger partial charge on any atom is 0.183 e. The van der Waals surface area contributed by atoms with Crippen LogP contribution in [0.3, 0.4) is 0 Å². The van der Waals surface area contributed by atoms with Crippen LogP contribution in [0.5, 0.6) is 11.5 Å². The Morgan fingerprint density at radius 2 is 1.91 bits per heavy atom. The molecule has 0 saturated carbocycles. The van der Waals surface area contributed by atoms with E-state index in [1.165, 1.54) is 0 Å². The molecule has 1 N–H and O–H groups in total. The van der Waals surface area contributed by atoms with E-state index in [1.54, 1.807) is 18.4 Å². The molecule has 0 spiro atoms. The highest BCUT2D eigenvalue weighted by Gasteiger charge is 2.18. The summed E-state index contributed by atoms with van der Waals surface area (Å²) in [5.74, 6) is 1.70. The molecule has 0 bridgehead atoms. The molecule has 1 aliphatic heterocycles. The van der Waals surface area contributed by atoms with Crippen LogP contribution in [0.4, 0.5) is 5.13 Å². The number of aromatic nitrogens is 2. The number of alkyl halides is 1. The van der Waals surface area contributed by atoms with Gasteiger partial charge in [-0.25, -0.2) is 9.97 Å². The van der Waals surface area contributed by atoms with Crippen LogP contribution in [0.25, 0.3) is 22.3 Å². The van der Waals surface area contributed by atoms with Gasteiger partial charge in [-0.15, -0.1) is 11.3 Å². The number of benzene rings is 1.